The Hall–Kier alpha value is -0.0600. The zero-order valence-corrected chi connectivity index (χ0v) is 8.26. The molecule has 0 amide bonds. The lowest BCUT2D eigenvalue weighted by Gasteiger charge is -1.88. The van der Waals surface area contributed by atoms with Crippen LogP contribution in [0.2, 0.25) is 0 Å². The van der Waals surface area contributed by atoms with E-state index in [4.69, 9.17) is 10.7 Å². The summed E-state index contributed by atoms with van der Waals surface area (Å²) in [4.78, 5) is 0.789. The van der Waals surface area contributed by atoms with Crippen LogP contribution in [0, 0.1) is 6.92 Å². The van der Waals surface area contributed by atoms with Crippen LogP contribution >= 0.6 is 22.0 Å². The van der Waals surface area contributed by atoms with Crippen molar-refractivity contribution >= 4 is 31.1 Å². The van der Waals surface area contributed by atoms with Crippen LogP contribution in [0.25, 0.3) is 0 Å². The summed E-state index contributed by atoms with van der Waals surface area (Å²) < 4.78 is 21.2. The number of hydrogen-bond acceptors (Lipinski definition) is 3. The van der Waals surface area contributed by atoms with Gasteiger partial charge in [-0.25, -0.2) is 8.42 Å². The predicted octanol–water partition coefficient (Wildman–Crippen LogP) is 2.13. The van der Waals surface area contributed by atoms with Crippen LogP contribution in [-0.4, -0.2) is 8.42 Å². The molecule has 62 valence electrons. The van der Waals surface area contributed by atoms with Crippen LogP contribution in [0.15, 0.2) is 11.4 Å². The minimum absolute atomic E-state index is 0.0624. The van der Waals surface area contributed by atoms with Crippen LogP contribution in [-0.2, 0) is 14.8 Å². The Morgan fingerprint density at radius 1 is 1.64 bits per heavy atom. The van der Waals surface area contributed by atoms with E-state index in [1.54, 1.807) is 0 Å². The zero-order chi connectivity index (χ0) is 8.48. The second-order valence-corrected chi connectivity index (χ2v) is 6.05. The Morgan fingerprint density at radius 2 is 2.27 bits per heavy atom. The smallest absolute Gasteiger partial charge is 0.212 e. The van der Waals surface area contributed by atoms with Crippen LogP contribution in [0.5, 0.6) is 0 Å². The summed E-state index contributed by atoms with van der Waals surface area (Å²) in [6.45, 7) is 1.92. The normalized spacial score (nSPS) is 11.8. The molecule has 0 fully saturated rings. The van der Waals surface area contributed by atoms with Crippen LogP contribution in [0.4, 0.5) is 0 Å². The molecule has 2 nitrogen and oxygen atoms in total. The first-order chi connectivity index (χ1) is 4.97. The molecule has 0 saturated carbocycles. The van der Waals surface area contributed by atoms with Gasteiger partial charge in [-0.3, -0.25) is 0 Å². The Morgan fingerprint density at radius 3 is 2.64 bits per heavy atom. The van der Waals surface area contributed by atoms with Crippen molar-refractivity contribution in [2.45, 2.75) is 12.7 Å². The molecule has 0 radical (unpaired) electrons. The summed E-state index contributed by atoms with van der Waals surface area (Å²) in [5.41, 5.74) is 1.07. The van der Waals surface area contributed by atoms with Gasteiger partial charge in [0, 0.05) is 15.6 Å². The molecule has 1 aromatic heterocycles. The summed E-state index contributed by atoms with van der Waals surface area (Å²) in [7, 11) is 1.67. The second-order valence-electron chi connectivity index (χ2n) is 2.27. The highest BCUT2D eigenvalue weighted by atomic mass is 35.7. The van der Waals surface area contributed by atoms with Gasteiger partial charge >= 0.3 is 0 Å². The molecule has 0 N–H and O–H groups in total. The minimum atomic E-state index is -3.38. The standard InChI is InChI=1S/C6H7ClO2S2/c1-5-2-6(10-3-5)4-11(7,8)9/h2-3H,4H2,1H3. The predicted molar refractivity (Wildman–Crippen MR) is 47.5 cm³/mol. The van der Waals surface area contributed by atoms with Gasteiger partial charge in [-0.15, -0.1) is 11.3 Å². The first-order valence-electron chi connectivity index (χ1n) is 2.94. The van der Waals surface area contributed by atoms with E-state index in [1.807, 2.05) is 18.4 Å². The molecule has 5 heteroatoms. The molecule has 0 atom stereocenters. The third-order valence-electron chi connectivity index (χ3n) is 1.10. The fraction of sp³-hybridized carbons (Fsp3) is 0.333. The van der Waals surface area contributed by atoms with Gasteiger partial charge in [0.1, 0.15) is 0 Å². The van der Waals surface area contributed by atoms with Crippen molar-refractivity contribution < 1.29 is 8.42 Å². The van der Waals surface area contributed by atoms with Gasteiger partial charge in [-0.05, 0) is 23.9 Å². The fourth-order valence-electron chi connectivity index (χ4n) is 0.736. The highest BCUT2D eigenvalue weighted by Crippen LogP contribution is 2.17. The SMILES string of the molecule is Cc1csc(CS(=O)(=O)Cl)c1. The third-order valence-corrected chi connectivity index (χ3v) is 3.32. The van der Waals surface area contributed by atoms with E-state index in [0.29, 0.717) is 0 Å². The first kappa shape index (κ1) is 9.03. The molecule has 0 aliphatic rings. The highest BCUT2D eigenvalue weighted by Gasteiger charge is 2.07. The topological polar surface area (TPSA) is 34.1 Å². The van der Waals surface area contributed by atoms with Crippen molar-refractivity contribution in [1.82, 2.24) is 0 Å². The molecule has 0 bridgehead atoms. The first-order valence-corrected chi connectivity index (χ1v) is 6.29. The molecule has 1 rings (SSSR count). The lowest BCUT2D eigenvalue weighted by Crippen LogP contribution is -1.91. The van der Waals surface area contributed by atoms with Crippen LogP contribution < -0.4 is 0 Å². The van der Waals surface area contributed by atoms with Crippen molar-refractivity contribution in [2.75, 3.05) is 0 Å². The molecule has 1 heterocycles. The molecule has 0 spiro atoms. The van der Waals surface area contributed by atoms with Gasteiger partial charge in [-0.2, -0.15) is 0 Å². The largest absolute Gasteiger partial charge is 0.237 e. The van der Waals surface area contributed by atoms with Crippen molar-refractivity contribution in [3.05, 3.63) is 21.9 Å². The van der Waals surface area contributed by atoms with E-state index < -0.39 is 9.05 Å². The highest BCUT2D eigenvalue weighted by molar-refractivity contribution is 8.13. The number of aryl methyl sites for hydroxylation is 1. The van der Waals surface area contributed by atoms with Gasteiger partial charge < -0.3 is 0 Å². The Bertz CT molecular complexity index is 339. The van der Waals surface area contributed by atoms with Crippen molar-refractivity contribution in [3.8, 4) is 0 Å². The molecule has 0 unspecified atom stereocenters. The Balaban J connectivity index is 2.81. The Labute approximate surface area is 74.2 Å². The van der Waals surface area contributed by atoms with E-state index in [2.05, 4.69) is 0 Å². The number of thiophene rings is 1. The summed E-state index contributed by atoms with van der Waals surface area (Å²) in [6.07, 6.45) is 0. The van der Waals surface area contributed by atoms with Gasteiger partial charge in [0.2, 0.25) is 9.05 Å². The molecule has 11 heavy (non-hydrogen) atoms. The molecule has 0 aliphatic carbocycles. The molecule has 1 aromatic rings. The lowest BCUT2D eigenvalue weighted by molar-refractivity contribution is 0.609. The quantitative estimate of drug-likeness (QED) is 0.701. The average molecular weight is 211 g/mol. The maximum Gasteiger partial charge on any atom is 0.237 e. The van der Waals surface area contributed by atoms with Crippen molar-refractivity contribution in [1.29, 1.82) is 0 Å². The van der Waals surface area contributed by atoms with E-state index in [0.717, 1.165) is 10.4 Å². The van der Waals surface area contributed by atoms with Gasteiger partial charge in [-0.1, -0.05) is 0 Å². The molecule has 0 saturated heterocycles. The van der Waals surface area contributed by atoms with Gasteiger partial charge in [0.15, 0.2) is 0 Å². The zero-order valence-electron chi connectivity index (χ0n) is 5.87. The van der Waals surface area contributed by atoms with E-state index >= 15 is 0 Å². The summed E-state index contributed by atoms with van der Waals surface area (Å²) in [6, 6.07) is 1.82. The Kier molecular flexibility index (Phi) is 2.57. The maximum absolute atomic E-state index is 10.6. The molecular formula is C6H7ClO2S2. The number of rotatable bonds is 2. The van der Waals surface area contributed by atoms with E-state index in [-0.39, 0.29) is 5.75 Å². The second kappa shape index (κ2) is 3.13. The van der Waals surface area contributed by atoms with Gasteiger partial charge in [0.25, 0.3) is 0 Å². The van der Waals surface area contributed by atoms with E-state index in [1.165, 1.54) is 11.3 Å². The number of hydrogen-bond donors (Lipinski definition) is 0. The average Bonchev–Trinajstić information content (AvgIpc) is 2.10. The van der Waals surface area contributed by atoms with Gasteiger partial charge in [0.05, 0.1) is 5.75 Å². The fourth-order valence-corrected chi connectivity index (χ4v) is 3.10. The molecule has 0 aromatic carbocycles. The summed E-state index contributed by atoms with van der Waals surface area (Å²) in [5.74, 6) is -0.0624. The third kappa shape index (κ3) is 3.22. The van der Waals surface area contributed by atoms with Crippen molar-refractivity contribution in [2.24, 2.45) is 0 Å². The summed E-state index contributed by atoms with van der Waals surface area (Å²) >= 11 is 1.41. The number of halogens is 1. The molecule has 0 aliphatic heterocycles. The lowest BCUT2D eigenvalue weighted by atomic mass is 10.4. The molecular weight excluding hydrogens is 204 g/mol. The summed E-state index contributed by atoms with van der Waals surface area (Å²) in [5, 5.41) is 1.90. The van der Waals surface area contributed by atoms with Crippen LogP contribution in [0.1, 0.15) is 10.4 Å². The minimum Gasteiger partial charge on any atom is -0.212 e. The monoisotopic (exact) mass is 210 g/mol. The maximum atomic E-state index is 10.6. The van der Waals surface area contributed by atoms with Crippen molar-refractivity contribution in [3.63, 3.8) is 0 Å². The van der Waals surface area contributed by atoms with Crippen LogP contribution in [0.3, 0.4) is 0 Å². The van der Waals surface area contributed by atoms with E-state index in [9.17, 15) is 8.42 Å².